The first-order valence-corrected chi connectivity index (χ1v) is 13.1. The summed E-state index contributed by atoms with van der Waals surface area (Å²) in [5, 5.41) is 6.07. The van der Waals surface area contributed by atoms with E-state index in [-0.39, 0.29) is 11.7 Å². The molecule has 2 aromatic heterocycles. The first-order valence-electron chi connectivity index (χ1n) is 13.1. The molecule has 0 saturated carbocycles. The van der Waals surface area contributed by atoms with Crippen molar-refractivity contribution in [3.05, 3.63) is 84.1 Å². The van der Waals surface area contributed by atoms with Gasteiger partial charge in [-0.25, -0.2) is 19.3 Å². The number of H-pyrrole nitrogens is 1. The first-order chi connectivity index (χ1) is 19.4. The first kappa shape index (κ1) is 27.4. The zero-order chi connectivity index (χ0) is 28.0. The Hall–Kier alpha value is -4.19. The van der Waals surface area contributed by atoms with Crippen LogP contribution in [-0.2, 0) is 20.7 Å². The minimum Gasteiger partial charge on any atom is -0.355 e. The molecule has 1 saturated heterocycles. The number of amides is 1. The number of halogens is 1. The van der Waals surface area contributed by atoms with Crippen molar-refractivity contribution in [2.45, 2.75) is 19.6 Å². The van der Waals surface area contributed by atoms with Gasteiger partial charge in [-0.1, -0.05) is 37.3 Å². The lowest BCUT2D eigenvalue weighted by Gasteiger charge is -2.36. The van der Waals surface area contributed by atoms with Crippen LogP contribution in [0.1, 0.15) is 24.6 Å². The molecule has 1 fully saturated rings. The average molecular weight is 546 g/mol. The van der Waals surface area contributed by atoms with Crippen LogP contribution in [0, 0.1) is 11.2 Å². The lowest BCUT2D eigenvalue weighted by molar-refractivity contribution is -0.232. The molecule has 0 atom stereocenters. The number of aromatic nitrogens is 4. The van der Waals surface area contributed by atoms with Gasteiger partial charge in [-0.2, -0.15) is 0 Å². The van der Waals surface area contributed by atoms with Crippen LogP contribution in [0.15, 0.2) is 66.9 Å². The van der Waals surface area contributed by atoms with E-state index in [0.29, 0.717) is 73.7 Å². The summed E-state index contributed by atoms with van der Waals surface area (Å²) >= 11 is 0. The molecule has 1 aliphatic heterocycles. The third-order valence-electron chi connectivity index (χ3n) is 6.49. The van der Waals surface area contributed by atoms with Crippen LogP contribution in [0.5, 0.6) is 0 Å². The van der Waals surface area contributed by atoms with Crippen LogP contribution < -0.4 is 16.4 Å². The number of nitrogens with one attached hydrogen (secondary N) is 3. The highest BCUT2D eigenvalue weighted by molar-refractivity contribution is 5.78. The van der Waals surface area contributed by atoms with Crippen LogP contribution in [0.4, 0.5) is 10.3 Å². The quantitative estimate of drug-likeness (QED) is 0.238. The van der Waals surface area contributed by atoms with Gasteiger partial charge in [-0.05, 0) is 35.9 Å². The molecule has 208 valence electrons. The monoisotopic (exact) mass is 545 g/mol. The Morgan fingerprint density at radius 3 is 2.58 bits per heavy atom. The van der Waals surface area contributed by atoms with Crippen molar-refractivity contribution < 1.29 is 18.7 Å². The SMILES string of the molecule is CC1(CNC(=O)Cc2ccccc2)COC(c2nc(-c3ccc(F)cc3)c(-c3ccnc(NCCN)n3)[nH]2)OC1. The smallest absolute Gasteiger partial charge is 0.224 e. The molecule has 5 N–H and O–H groups in total. The summed E-state index contributed by atoms with van der Waals surface area (Å²) in [6, 6.07) is 17.4. The van der Waals surface area contributed by atoms with Crippen molar-refractivity contribution >= 4 is 11.9 Å². The highest BCUT2D eigenvalue weighted by atomic mass is 19.1. The number of rotatable bonds is 10. The maximum atomic E-state index is 13.7. The summed E-state index contributed by atoms with van der Waals surface area (Å²) in [5.74, 6) is 0.490. The van der Waals surface area contributed by atoms with Gasteiger partial charge < -0.3 is 30.8 Å². The average Bonchev–Trinajstić information content (AvgIpc) is 3.42. The third-order valence-corrected chi connectivity index (χ3v) is 6.49. The van der Waals surface area contributed by atoms with Crippen LogP contribution in [0.25, 0.3) is 22.6 Å². The van der Waals surface area contributed by atoms with Gasteiger partial charge >= 0.3 is 0 Å². The van der Waals surface area contributed by atoms with E-state index < -0.39 is 11.7 Å². The van der Waals surface area contributed by atoms with Gasteiger partial charge in [-0.3, -0.25) is 4.79 Å². The molecule has 0 radical (unpaired) electrons. The number of carbonyl (C=O) groups is 1. The molecule has 5 rings (SSSR count). The molecule has 4 aromatic rings. The molecule has 0 unspecified atom stereocenters. The molecule has 0 aliphatic carbocycles. The Morgan fingerprint density at radius 2 is 1.85 bits per heavy atom. The number of nitrogens with zero attached hydrogens (tertiary/aromatic N) is 3. The fourth-order valence-corrected chi connectivity index (χ4v) is 4.33. The minimum atomic E-state index is -0.752. The largest absolute Gasteiger partial charge is 0.355 e. The van der Waals surface area contributed by atoms with Crippen LogP contribution >= 0.6 is 0 Å². The van der Waals surface area contributed by atoms with Crippen molar-refractivity contribution in [2.75, 3.05) is 38.2 Å². The fourth-order valence-electron chi connectivity index (χ4n) is 4.33. The molecule has 0 spiro atoms. The number of hydrogen-bond donors (Lipinski definition) is 4. The normalized spacial score (nSPS) is 18.8. The lowest BCUT2D eigenvalue weighted by atomic mass is 9.92. The number of aromatic amines is 1. The van der Waals surface area contributed by atoms with Crippen LogP contribution in [-0.4, -0.2) is 58.7 Å². The van der Waals surface area contributed by atoms with E-state index in [1.807, 2.05) is 37.3 Å². The number of benzene rings is 2. The minimum absolute atomic E-state index is 0.0562. The summed E-state index contributed by atoms with van der Waals surface area (Å²) in [7, 11) is 0. The van der Waals surface area contributed by atoms with Gasteiger partial charge in [0.2, 0.25) is 18.1 Å². The van der Waals surface area contributed by atoms with Crippen molar-refractivity contribution in [2.24, 2.45) is 11.1 Å². The van der Waals surface area contributed by atoms with E-state index in [4.69, 9.17) is 20.2 Å². The Balaban J connectivity index is 1.30. The van der Waals surface area contributed by atoms with E-state index >= 15 is 0 Å². The molecule has 11 heteroatoms. The van der Waals surface area contributed by atoms with E-state index in [9.17, 15) is 9.18 Å². The second kappa shape index (κ2) is 12.3. The molecule has 2 aromatic carbocycles. The van der Waals surface area contributed by atoms with Gasteiger partial charge in [0.15, 0.2) is 5.82 Å². The Kier molecular flexibility index (Phi) is 8.44. The second-order valence-corrected chi connectivity index (χ2v) is 10.0. The predicted octanol–water partition coefficient (Wildman–Crippen LogP) is 3.45. The topological polar surface area (TPSA) is 140 Å². The second-order valence-electron chi connectivity index (χ2n) is 10.0. The van der Waals surface area contributed by atoms with E-state index in [1.54, 1.807) is 24.4 Å². The highest BCUT2D eigenvalue weighted by Crippen LogP contribution is 2.35. The van der Waals surface area contributed by atoms with Gasteiger partial charge in [0.1, 0.15) is 5.82 Å². The number of nitrogens with two attached hydrogens (primary N) is 1. The van der Waals surface area contributed by atoms with Gasteiger partial charge in [-0.15, -0.1) is 0 Å². The molecular weight excluding hydrogens is 513 g/mol. The van der Waals surface area contributed by atoms with Crippen LogP contribution in [0.3, 0.4) is 0 Å². The molecular formula is C29H32FN7O3. The predicted molar refractivity (Wildman–Crippen MR) is 148 cm³/mol. The molecule has 0 bridgehead atoms. The zero-order valence-electron chi connectivity index (χ0n) is 22.2. The van der Waals surface area contributed by atoms with Crippen molar-refractivity contribution in [1.82, 2.24) is 25.3 Å². The number of carbonyl (C=O) groups excluding carboxylic acids is 1. The van der Waals surface area contributed by atoms with E-state index in [1.165, 1.54) is 12.1 Å². The lowest BCUT2D eigenvalue weighted by Crippen LogP contribution is -2.45. The Morgan fingerprint density at radius 1 is 1.10 bits per heavy atom. The Labute approximate surface area is 231 Å². The number of hydrogen-bond acceptors (Lipinski definition) is 8. The maximum Gasteiger partial charge on any atom is 0.224 e. The third kappa shape index (κ3) is 6.68. The maximum absolute atomic E-state index is 13.7. The van der Waals surface area contributed by atoms with E-state index in [0.717, 1.165) is 5.56 Å². The number of anilines is 1. The standard InChI is InChI=1S/C29H32FN7O3/c1-29(16-34-23(38)15-19-5-3-2-4-6-19)17-39-27(40-18-29)26-36-24(20-7-9-21(30)10-8-20)25(37-26)22-11-13-32-28(35-22)33-14-12-31/h2-11,13,27H,12,14-18,31H2,1H3,(H,34,38)(H,36,37)(H,32,33,35). The summed E-state index contributed by atoms with van der Waals surface area (Å²) < 4.78 is 25.8. The summed E-state index contributed by atoms with van der Waals surface area (Å²) in [6.07, 6.45) is 1.20. The summed E-state index contributed by atoms with van der Waals surface area (Å²) in [6.45, 7) is 4.08. The van der Waals surface area contributed by atoms with Gasteiger partial charge in [0, 0.05) is 36.8 Å². The summed E-state index contributed by atoms with van der Waals surface area (Å²) in [5.41, 5.74) is 8.63. The van der Waals surface area contributed by atoms with E-state index in [2.05, 4.69) is 25.6 Å². The molecule has 10 nitrogen and oxygen atoms in total. The fraction of sp³-hybridized carbons (Fsp3) is 0.310. The number of imidazole rings is 1. The molecule has 1 amide bonds. The van der Waals surface area contributed by atoms with Crippen molar-refractivity contribution in [3.63, 3.8) is 0 Å². The van der Waals surface area contributed by atoms with Crippen molar-refractivity contribution in [1.29, 1.82) is 0 Å². The van der Waals surface area contributed by atoms with Gasteiger partial charge in [0.05, 0.1) is 36.7 Å². The summed E-state index contributed by atoms with van der Waals surface area (Å²) in [4.78, 5) is 29.4. The number of ether oxygens (including phenoxy) is 2. The molecule has 40 heavy (non-hydrogen) atoms. The highest BCUT2D eigenvalue weighted by Gasteiger charge is 2.35. The molecule has 1 aliphatic rings. The Bertz CT molecular complexity index is 1420. The van der Waals surface area contributed by atoms with Gasteiger partial charge in [0.25, 0.3) is 0 Å². The van der Waals surface area contributed by atoms with Crippen LogP contribution in [0.2, 0.25) is 0 Å². The van der Waals surface area contributed by atoms with Crippen molar-refractivity contribution in [3.8, 4) is 22.6 Å². The molecule has 3 heterocycles. The zero-order valence-corrected chi connectivity index (χ0v) is 22.2.